The van der Waals surface area contributed by atoms with Crippen molar-refractivity contribution in [1.82, 2.24) is 0 Å². The van der Waals surface area contributed by atoms with Crippen LogP contribution in [0.2, 0.25) is 0 Å². The lowest BCUT2D eigenvalue weighted by Crippen LogP contribution is -2.51. The number of rotatable bonds is 3. The van der Waals surface area contributed by atoms with Crippen LogP contribution in [0.1, 0.15) is 20.3 Å². The smallest absolute Gasteiger partial charge is 0.0958 e. The number of hydrogen-bond acceptors (Lipinski definition) is 2. The average Bonchev–Trinajstić information content (AvgIpc) is 1.86. The summed E-state index contributed by atoms with van der Waals surface area (Å²) in [6.45, 7) is 4.10. The van der Waals surface area contributed by atoms with Crippen molar-refractivity contribution in [2.45, 2.75) is 43.4 Å². The van der Waals surface area contributed by atoms with Crippen LogP contribution in [0.4, 0.5) is 0 Å². The summed E-state index contributed by atoms with van der Waals surface area (Å²) in [5.41, 5.74) is 0. The Balaban J connectivity index is 2.27. The van der Waals surface area contributed by atoms with Gasteiger partial charge in [0.25, 0.3) is 0 Å². The molecule has 3 heteroatoms. The molecule has 1 aliphatic carbocycles. The Morgan fingerprint density at radius 3 is 2.45 bits per heavy atom. The molecular formula is C8H15BrO2. The van der Waals surface area contributed by atoms with Gasteiger partial charge < -0.3 is 9.47 Å². The molecule has 0 heterocycles. The van der Waals surface area contributed by atoms with Gasteiger partial charge in [-0.3, -0.25) is 0 Å². The third kappa shape index (κ3) is 2.17. The van der Waals surface area contributed by atoms with Crippen LogP contribution in [0.15, 0.2) is 0 Å². The summed E-state index contributed by atoms with van der Waals surface area (Å²) in [5, 5.41) is 0. The average molecular weight is 223 g/mol. The molecule has 0 aromatic carbocycles. The Morgan fingerprint density at radius 1 is 1.45 bits per heavy atom. The zero-order valence-corrected chi connectivity index (χ0v) is 8.80. The second-order valence-corrected chi connectivity index (χ2v) is 4.35. The van der Waals surface area contributed by atoms with E-state index in [0.29, 0.717) is 17.0 Å². The van der Waals surface area contributed by atoms with Crippen LogP contribution < -0.4 is 0 Å². The molecule has 1 aliphatic rings. The topological polar surface area (TPSA) is 18.5 Å². The summed E-state index contributed by atoms with van der Waals surface area (Å²) in [4.78, 5) is 0.483. The maximum atomic E-state index is 5.61. The molecule has 0 aromatic heterocycles. The number of methoxy groups -OCH3 is 1. The summed E-state index contributed by atoms with van der Waals surface area (Å²) in [6.07, 6.45) is 1.91. The van der Waals surface area contributed by atoms with E-state index in [1.807, 2.05) is 13.8 Å². The third-order valence-electron chi connectivity index (χ3n) is 1.90. The Bertz CT molecular complexity index is 127. The Labute approximate surface area is 76.4 Å². The summed E-state index contributed by atoms with van der Waals surface area (Å²) in [5.74, 6) is 0. The molecule has 11 heavy (non-hydrogen) atoms. The van der Waals surface area contributed by atoms with Gasteiger partial charge in [0.05, 0.1) is 18.3 Å². The fourth-order valence-corrected chi connectivity index (χ4v) is 2.23. The summed E-state index contributed by atoms with van der Waals surface area (Å²) in [7, 11) is 1.73. The van der Waals surface area contributed by atoms with Crippen LogP contribution in [0, 0.1) is 0 Å². The fourth-order valence-electron chi connectivity index (χ4n) is 1.31. The van der Waals surface area contributed by atoms with Crippen molar-refractivity contribution in [2.24, 2.45) is 0 Å². The summed E-state index contributed by atoms with van der Waals surface area (Å²) in [6, 6.07) is 0. The SMILES string of the molecule is COC1C(Br)CC1OC(C)C. The second kappa shape index (κ2) is 3.87. The largest absolute Gasteiger partial charge is 0.378 e. The molecule has 66 valence electrons. The standard InChI is InChI=1S/C8H15BrO2/c1-5(2)11-7-4-6(9)8(7)10-3/h5-8H,4H2,1-3H3. The van der Waals surface area contributed by atoms with E-state index in [1.54, 1.807) is 7.11 Å². The van der Waals surface area contributed by atoms with E-state index >= 15 is 0 Å². The van der Waals surface area contributed by atoms with Crippen LogP contribution in [0.3, 0.4) is 0 Å². The van der Waals surface area contributed by atoms with Gasteiger partial charge in [0.2, 0.25) is 0 Å². The van der Waals surface area contributed by atoms with Gasteiger partial charge in [-0.25, -0.2) is 0 Å². The molecule has 1 saturated carbocycles. The lowest BCUT2D eigenvalue weighted by molar-refractivity contribution is -0.125. The minimum Gasteiger partial charge on any atom is -0.378 e. The van der Waals surface area contributed by atoms with E-state index in [2.05, 4.69) is 15.9 Å². The number of alkyl halides is 1. The first-order valence-electron chi connectivity index (χ1n) is 3.97. The van der Waals surface area contributed by atoms with Crippen LogP contribution in [0.5, 0.6) is 0 Å². The first-order valence-corrected chi connectivity index (χ1v) is 4.89. The van der Waals surface area contributed by atoms with E-state index in [9.17, 15) is 0 Å². The molecule has 0 N–H and O–H groups in total. The van der Waals surface area contributed by atoms with E-state index in [0.717, 1.165) is 6.42 Å². The zero-order chi connectivity index (χ0) is 8.43. The molecule has 3 atom stereocenters. The molecule has 3 unspecified atom stereocenters. The first-order chi connectivity index (χ1) is 5.15. The van der Waals surface area contributed by atoms with Gasteiger partial charge in [-0.2, -0.15) is 0 Å². The highest BCUT2D eigenvalue weighted by Gasteiger charge is 2.40. The van der Waals surface area contributed by atoms with Gasteiger partial charge in [0, 0.05) is 11.9 Å². The molecular weight excluding hydrogens is 208 g/mol. The molecule has 1 rings (SSSR count). The first kappa shape index (κ1) is 9.49. The lowest BCUT2D eigenvalue weighted by atomic mass is 9.91. The molecule has 0 bridgehead atoms. The van der Waals surface area contributed by atoms with Crippen molar-refractivity contribution in [3.8, 4) is 0 Å². The van der Waals surface area contributed by atoms with E-state index in [4.69, 9.17) is 9.47 Å². The Kier molecular flexibility index (Phi) is 3.34. The molecule has 1 fully saturated rings. The van der Waals surface area contributed by atoms with Gasteiger partial charge in [-0.15, -0.1) is 0 Å². The minimum absolute atomic E-state index is 0.248. The zero-order valence-electron chi connectivity index (χ0n) is 7.21. The summed E-state index contributed by atoms with van der Waals surface area (Å²) >= 11 is 3.51. The summed E-state index contributed by atoms with van der Waals surface area (Å²) < 4.78 is 10.8. The van der Waals surface area contributed by atoms with E-state index in [1.165, 1.54) is 0 Å². The highest BCUT2D eigenvalue weighted by molar-refractivity contribution is 9.09. The number of halogens is 1. The van der Waals surface area contributed by atoms with Crippen molar-refractivity contribution in [1.29, 1.82) is 0 Å². The quantitative estimate of drug-likeness (QED) is 0.681. The van der Waals surface area contributed by atoms with Crippen LogP contribution in [0.25, 0.3) is 0 Å². The monoisotopic (exact) mass is 222 g/mol. The normalized spacial score (nSPS) is 37.4. The minimum atomic E-state index is 0.248. The van der Waals surface area contributed by atoms with Gasteiger partial charge >= 0.3 is 0 Å². The van der Waals surface area contributed by atoms with Crippen molar-refractivity contribution in [3.63, 3.8) is 0 Å². The Hall–Kier alpha value is 0.400. The highest BCUT2D eigenvalue weighted by Crippen LogP contribution is 2.33. The fraction of sp³-hybridized carbons (Fsp3) is 1.00. The van der Waals surface area contributed by atoms with Gasteiger partial charge in [-0.05, 0) is 20.3 Å². The molecule has 0 radical (unpaired) electrons. The molecule has 0 saturated heterocycles. The van der Waals surface area contributed by atoms with Crippen LogP contribution >= 0.6 is 15.9 Å². The Morgan fingerprint density at radius 2 is 2.09 bits per heavy atom. The predicted molar refractivity (Wildman–Crippen MR) is 48.1 cm³/mol. The van der Waals surface area contributed by atoms with Crippen molar-refractivity contribution in [3.05, 3.63) is 0 Å². The molecule has 0 spiro atoms. The lowest BCUT2D eigenvalue weighted by Gasteiger charge is -2.40. The molecule has 0 aliphatic heterocycles. The number of hydrogen-bond donors (Lipinski definition) is 0. The van der Waals surface area contributed by atoms with Crippen molar-refractivity contribution in [2.75, 3.05) is 7.11 Å². The van der Waals surface area contributed by atoms with Crippen LogP contribution in [-0.4, -0.2) is 30.2 Å². The molecule has 0 aromatic rings. The van der Waals surface area contributed by atoms with Gasteiger partial charge in [0.15, 0.2) is 0 Å². The highest BCUT2D eigenvalue weighted by atomic mass is 79.9. The number of ether oxygens (including phenoxy) is 2. The van der Waals surface area contributed by atoms with E-state index < -0.39 is 0 Å². The van der Waals surface area contributed by atoms with Gasteiger partial charge in [-0.1, -0.05) is 15.9 Å². The third-order valence-corrected chi connectivity index (χ3v) is 2.79. The maximum absolute atomic E-state index is 5.61. The second-order valence-electron chi connectivity index (χ2n) is 3.18. The van der Waals surface area contributed by atoms with E-state index in [-0.39, 0.29) is 6.10 Å². The molecule has 2 nitrogen and oxygen atoms in total. The van der Waals surface area contributed by atoms with Crippen molar-refractivity contribution >= 4 is 15.9 Å². The molecule has 0 amide bonds. The van der Waals surface area contributed by atoms with Crippen molar-refractivity contribution < 1.29 is 9.47 Å². The van der Waals surface area contributed by atoms with Crippen LogP contribution in [-0.2, 0) is 9.47 Å². The maximum Gasteiger partial charge on any atom is 0.0958 e. The van der Waals surface area contributed by atoms with Gasteiger partial charge in [0.1, 0.15) is 0 Å². The predicted octanol–water partition coefficient (Wildman–Crippen LogP) is 1.96.